The van der Waals surface area contributed by atoms with E-state index >= 15 is 0 Å². The Hall–Kier alpha value is -2.14. The predicted octanol–water partition coefficient (Wildman–Crippen LogP) is 1.41. The molecule has 20 heavy (non-hydrogen) atoms. The highest BCUT2D eigenvalue weighted by molar-refractivity contribution is 5.99. The van der Waals surface area contributed by atoms with Crippen LogP contribution in [0.1, 0.15) is 23.3 Å². The van der Waals surface area contributed by atoms with Gasteiger partial charge in [-0.3, -0.25) is 4.79 Å². The van der Waals surface area contributed by atoms with E-state index in [0.29, 0.717) is 37.4 Å². The van der Waals surface area contributed by atoms with Crippen LogP contribution in [0.4, 0.5) is 5.82 Å². The van der Waals surface area contributed by atoms with Crippen LogP contribution in [0.5, 0.6) is 0 Å². The summed E-state index contributed by atoms with van der Waals surface area (Å²) in [6, 6.07) is 9.40. The molecule has 0 aliphatic carbocycles. The summed E-state index contributed by atoms with van der Waals surface area (Å²) in [5.74, 6) is 0.262. The molecule has 0 radical (unpaired) electrons. The fourth-order valence-corrected chi connectivity index (χ4v) is 2.57. The van der Waals surface area contributed by atoms with Gasteiger partial charge >= 0.3 is 0 Å². The number of nitrogen functional groups attached to an aromatic ring is 1. The van der Waals surface area contributed by atoms with Gasteiger partial charge in [0.2, 0.25) is 0 Å². The SMILES string of the molecule is Nc1nc(C(=O)N2CCC(O)CC2)cc2ccccc12. The maximum Gasteiger partial charge on any atom is 0.272 e. The third-order valence-corrected chi connectivity index (χ3v) is 3.74. The maximum atomic E-state index is 12.4. The normalized spacial score (nSPS) is 16.6. The third-order valence-electron chi connectivity index (χ3n) is 3.74. The van der Waals surface area contributed by atoms with Gasteiger partial charge in [0, 0.05) is 18.5 Å². The van der Waals surface area contributed by atoms with Crippen LogP contribution >= 0.6 is 0 Å². The standard InChI is InChI=1S/C15H17N3O2/c16-14-12-4-2-1-3-10(12)9-13(17-14)15(20)18-7-5-11(19)6-8-18/h1-4,9,11,19H,5-8H2,(H2,16,17). The lowest BCUT2D eigenvalue weighted by atomic mass is 10.1. The van der Waals surface area contributed by atoms with E-state index in [9.17, 15) is 9.90 Å². The zero-order valence-corrected chi connectivity index (χ0v) is 11.1. The van der Waals surface area contributed by atoms with Crippen LogP contribution in [-0.2, 0) is 0 Å². The van der Waals surface area contributed by atoms with Crippen LogP contribution in [0.15, 0.2) is 30.3 Å². The van der Waals surface area contributed by atoms with E-state index in [2.05, 4.69) is 4.98 Å². The molecule has 1 saturated heterocycles. The third kappa shape index (κ3) is 2.32. The minimum Gasteiger partial charge on any atom is -0.393 e. The van der Waals surface area contributed by atoms with Gasteiger partial charge in [0.05, 0.1) is 6.10 Å². The van der Waals surface area contributed by atoms with Gasteiger partial charge in [-0.05, 0) is 24.3 Å². The van der Waals surface area contributed by atoms with Crippen LogP contribution in [-0.4, -0.2) is 40.1 Å². The van der Waals surface area contributed by atoms with Gasteiger partial charge in [0.25, 0.3) is 5.91 Å². The number of aliphatic hydroxyl groups excluding tert-OH is 1. The van der Waals surface area contributed by atoms with Crippen LogP contribution in [0.25, 0.3) is 10.8 Å². The molecule has 0 unspecified atom stereocenters. The Kier molecular flexibility index (Phi) is 3.28. The molecule has 2 heterocycles. The van der Waals surface area contributed by atoms with Crippen molar-refractivity contribution in [2.24, 2.45) is 0 Å². The number of fused-ring (bicyclic) bond motifs is 1. The van der Waals surface area contributed by atoms with Crippen molar-refractivity contribution in [3.63, 3.8) is 0 Å². The molecule has 0 spiro atoms. The van der Waals surface area contributed by atoms with Gasteiger partial charge in [0.15, 0.2) is 0 Å². The predicted molar refractivity (Wildman–Crippen MR) is 77.3 cm³/mol. The molecule has 0 atom stereocenters. The molecule has 5 nitrogen and oxygen atoms in total. The first-order valence-corrected chi connectivity index (χ1v) is 6.78. The van der Waals surface area contributed by atoms with E-state index in [4.69, 9.17) is 5.73 Å². The van der Waals surface area contributed by atoms with Gasteiger partial charge in [-0.15, -0.1) is 0 Å². The van der Waals surface area contributed by atoms with Crippen LogP contribution in [0.2, 0.25) is 0 Å². The van der Waals surface area contributed by atoms with Crippen molar-refractivity contribution in [3.05, 3.63) is 36.0 Å². The lowest BCUT2D eigenvalue weighted by Crippen LogP contribution is -2.40. The molecule has 2 aromatic rings. The molecule has 3 N–H and O–H groups in total. The molecule has 1 aromatic heterocycles. The van der Waals surface area contributed by atoms with Crippen molar-refractivity contribution in [3.8, 4) is 0 Å². The number of piperidine rings is 1. The van der Waals surface area contributed by atoms with Crippen LogP contribution in [0, 0.1) is 0 Å². The first kappa shape index (κ1) is 12.9. The molecule has 1 amide bonds. The van der Waals surface area contributed by atoms with Crippen molar-refractivity contribution in [2.45, 2.75) is 18.9 Å². The number of likely N-dealkylation sites (tertiary alicyclic amines) is 1. The van der Waals surface area contributed by atoms with Gasteiger partial charge in [-0.25, -0.2) is 4.98 Å². The first-order chi connectivity index (χ1) is 9.65. The Balaban J connectivity index is 1.92. The van der Waals surface area contributed by atoms with E-state index in [-0.39, 0.29) is 12.0 Å². The molecule has 5 heteroatoms. The number of aromatic nitrogens is 1. The van der Waals surface area contributed by atoms with Crippen LogP contribution < -0.4 is 5.73 Å². The number of benzene rings is 1. The van der Waals surface area contributed by atoms with Crippen molar-refractivity contribution in [1.82, 2.24) is 9.88 Å². The lowest BCUT2D eigenvalue weighted by Gasteiger charge is -2.29. The molecule has 0 saturated carbocycles. The first-order valence-electron chi connectivity index (χ1n) is 6.78. The molecule has 1 aliphatic heterocycles. The lowest BCUT2D eigenvalue weighted by molar-refractivity contribution is 0.0542. The summed E-state index contributed by atoms with van der Waals surface area (Å²) < 4.78 is 0. The number of anilines is 1. The average Bonchev–Trinajstić information content (AvgIpc) is 2.47. The highest BCUT2D eigenvalue weighted by Crippen LogP contribution is 2.21. The Labute approximate surface area is 117 Å². The summed E-state index contributed by atoms with van der Waals surface area (Å²) in [6.07, 6.45) is 0.942. The second-order valence-electron chi connectivity index (χ2n) is 5.14. The van der Waals surface area contributed by atoms with E-state index in [0.717, 1.165) is 10.8 Å². The number of hydrogen-bond acceptors (Lipinski definition) is 4. The zero-order chi connectivity index (χ0) is 14.1. The van der Waals surface area contributed by atoms with Gasteiger partial charge in [-0.2, -0.15) is 0 Å². The van der Waals surface area contributed by atoms with Gasteiger partial charge < -0.3 is 15.7 Å². The largest absolute Gasteiger partial charge is 0.393 e. The van der Waals surface area contributed by atoms with Crippen molar-refractivity contribution >= 4 is 22.5 Å². The smallest absolute Gasteiger partial charge is 0.272 e. The van der Waals surface area contributed by atoms with Crippen LogP contribution in [0.3, 0.4) is 0 Å². The van der Waals surface area contributed by atoms with Crippen molar-refractivity contribution in [2.75, 3.05) is 18.8 Å². The Bertz CT molecular complexity index is 649. The highest BCUT2D eigenvalue weighted by Gasteiger charge is 2.23. The minimum absolute atomic E-state index is 0.116. The summed E-state index contributed by atoms with van der Waals surface area (Å²) in [4.78, 5) is 18.4. The fraction of sp³-hybridized carbons (Fsp3) is 0.333. The summed E-state index contributed by atoms with van der Waals surface area (Å²) in [5.41, 5.74) is 6.30. The number of aliphatic hydroxyl groups is 1. The number of nitrogens with zero attached hydrogens (tertiary/aromatic N) is 2. The quantitative estimate of drug-likeness (QED) is 0.822. The number of rotatable bonds is 1. The highest BCUT2D eigenvalue weighted by atomic mass is 16.3. The van der Waals surface area contributed by atoms with E-state index in [1.54, 1.807) is 11.0 Å². The minimum atomic E-state index is -0.298. The van der Waals surface area contributed by atoms with Crippen molar-refractivity contribution < 1.29 is 9.90 Å². The maximum absolute atomic E-state index is 12.4. The van der Waals surface area contributed by atoms with Gasteiger partial charge in [0.1, 0.15) is 11.5 Å². The molecular weight excluding hydrogens is 254 g/mol. The van der Waals surface area contributed by atoms with E-state index in [1.807, 2.05) is 24.3 Å². The summed E-state index contributed by atoms with van der Waals surface area (Å²) in [6.45, 7) is 1.13. The number of pyridine rings is 1. The molecule has 1 aliphatic rings. The molecular formula is C15H17N3O2. The number of amides is 1. The van der Waals surface area contributed by atoms with Gasteiger partial charge in [-0.1, -0.05) is 24.3 Å². The summed E-state index contributed by atoms with van der Waals surface area (Å²) >= 11 is 0. The van der Waals surface area contributed by atoms with E-state index in [1.165, 1.54) is 0 Å². The second-order valence-corrected chi connectivity index (χ2v) is 5.14. The zero-order valence-electron chi connectivity index (χ0n) is 11.1. The molecule has 3 rings (SSSR count). The number of hydrogen-bond donors (Lipinski definition) is 2. The van der Waals surface area contributed by atoms with Crippen molar-refractivity contribution in [1.29, 1.82) is 0 Å². The van der Waals surface area contributed by atoms with E-state index < -0.39 is 0 Å². The molecule has 104 valence electrons. The molecule has 1 aromatic carbocycles. The monoisotopic (exact) mass is 271 g/mol. The second kappa shape index (κ2) is 5.09. The Morgan fingerprint density at radius 2 is 2.00 bits per heavy atom. The topological polar surface area (TPSA) is 79.5 Å². The number of carbonyl (C=O) groups excluding carboxylic acids is 1. The number of carbonyl (C=O) groups is 1. The summed E-state index contributed by atoms with van der Waals surface area (Å²) in [5, 5.41) is 11.3. The molecule has 1 fully saturated rings. The summed E-state index contributed by atoms with van der Waals surface area (Å²) in [7, 11) is 0. The molecule has 0 bridgehead atoms. The average molecular weight is 271 g/mol. The number of nitrogens with two attached hydrogens (primary N) is 1. The fourth-order valence-electron chi connectivity index (χ4n) is 2.57. The Morgan fingerprint density at radius 3 is 2.75 bits per heavy atom. The Morgan fingerprint density at radius 1 is 1.30 bits per heavy atom.